The first-order valence-corrected chi connectivity index (χ1v) is 14.8. The van der Waals surface area contributed by atoms with Gasteiger partial charge in [-0.15, -0.1) is 0 Å². The Labute approximate surface area is 278 Å². The summed E-state index contributed by atoms with van der Waals surface area (Å²) in [5, 5.41) is 14.5. The Balaban J connectivity index is 0.000000606. The second-order valence-corrected chi connectivity index (χ2v) is 11.2. The van der Waals surface area contributed by atoms with Crippen molar-refractivity contribution in [3.8, 4) is 28.2 Å². The number of carboxylic acid groups (broad SMARTS) is 1. The number of anilines is 1. The standard InChI is InChI=1S/C29H23ClF2N8O2.C2HF3O2/c1-16-3-2-4-24(39-15-36-22(10-25(39)41)26-20(31)6-5-19(30)27(26)32)21-9-17(7-8-35-21)28-23(37-29(16)42)13-40(38-28)18-11-33-14-34-12-18;3-2(4,5)1(6)7/h5-16,24H,2-4H2,1H3,(H,37,42);(H,6,7)/t16-,24+;/m1./s1. The number of aliphatic carboxylic acids is 1. The lowest BCUT2D eigenvalue weighted by Crippen LogP contribution is -2.27. The van der Waals surface area contributed by atoms with Crippen LogP contribution in [0.2, 0.25) is 5.02 Å². The van der Waals surface area contributed by atoms with Gasteiger partial charge in [-0.3, -0.25) is 19.1 Å². The molecule has 1 aliphatic rings. The molecule has 5 aromatic rings. The van der Waals surface area contributed by atoms with Crippen LogP contribution in [0.1, 0.15) is 37.9 Å². The number of aromatic nitrogens is 7. The minimum Gasteiger partial charge on any atom is -0.475 e. The number of rotatable bonds is 3. The summed E-state index contributed by atoms with van der Waals surface area (Å²) in [6, 6.07) is 6.19. The Morgan fingerprint density at radius 2 is 1.78 bits per heavy atom. The van der Waals surface area contributed by atoms with Crippen LogP contribution in [0.3, 0.4) is 0 Å². The second kappa shape index (κ2) is 14.3. The first kappa shape index (κ1) is 34.7. The van der Waals surface area contributed by atoms with Crippen molar-refractivity contribution in [2.45, 2.75) is 38.4 Å². The zero-order valence-corrected chi connectivity index (χ0v) is 26.0. The molecule has 254 valence electrons. The van der Waals surface area contributed by atoms with Gasteiger partial charge in [0.05, 0.1) is 58.6 Å². The maximum absolute atomic E-state index is 14.7. The van der Waals surface area contributed by atoms with E-state index in [9.17, 15) is 31.5 Å². The van der Waals surface area contributed by atoms with Gasteiger partial charge in [0.15, 0.2) is 5.82 Å². The van der Waals surface area contributed by atoms with E-state index in [4.69, 9.17) is 26.6 Å². The van der Waals surface area contributed by atoms with Crippen LogP contribution in [-0.4, -0.2) is 57.4 Å². The fraction of sp³-hybridized carbons (Fsp3) is 0.226. The number of pyridine rings is 1. The first-order chi connectivity index (χ1) is 23.2. The molecule has 5 heterocycles. The SMILES string of the molecule is C[C@@H]1CCC[C@H](n2cnc(-c3c(F)ccc(Cl)c3F)cc2=O)c2cc(ccn2)-c2nn(-c3cncnc3)cc2NC1=O.O=C(O)C(F)(F)F. The summed E-state index contributed by atoms with van der Waals surface area (Å²) in [6.45, 7) is 1.83. The summed E-state index contributed by atoms with van der Waals surface area (Å²) >= 11 is 5.85. The minimum absolute atomic E-state index is 0.166. The summed E-state index contributed by atoms with van der Waals surface area (Å²) in [5.74, 6) is -5.14. The van der Waals surface area contributed by atoms with Crippen LogP contribution in [0.4, 0.5) is 27.6 Å². The normalized spacial score (nSPS) is 16.3. The highest BCUT2D eigenvalue weighted by Crippen LogP contribution is 2.33. The number of carbonyl (C=O) groups is 2. The van der Waals surface area contributed by atoms with Crippen LogP contribution in [0.5, 0.6) is 0 Å². The zero-order valence-electron chi connectivity index (χ0n) is 25.2. The number of benzene rings is 1. The molecule has 0 radical (unpaired) electrons. The van der Waals surface area contributed by atoms with Crippen molar-refractivity contribution in [3.63, 3.8) is 0 Å². The van der Waals surface area contributed by atoms with E-state index in [0.717, 1.165) is 18.2 Å². The molecule has 0 fully saturated rings. The van der Waals surface area contributed by atoms with E-state index < -0.39 is 40.9 Å². The first-order valence-electron chi connectivity index (χ1n) is 14.4. The van der Waals surface area contributed by atoms with Crippen molar-refractivity contribution in [1.29, 1.82) is 0 Å². The molecular formula is C31H24ClF5N8O4. The third-order valence-corrected chi connectivity index (χ3v) is 7.75. The third-order valence-electron chi connectivity index (χ3n) is 7.46. The van der Waals surface area contributed by atoms with Crippen LogP contribution in [-0.2, 0) is 9.59 Å². The van der Waals surface area contributed by atoms with E-state index in [-0.39, 0.29) is 22.5 Å². The molecular weight excluding hydrogens is 679 g/mol. The molecule has 6 rings (SSSR count). The van der Waals surface area contributed by atoms with Crippen molar-refractivity contribution >= 4 is 29.2 Å². The van der Waals surface area contributed by atoms with Gasteiger partial charge < -0.3 is 10.4 Å². The molecule has 1 amide bonds. The van der Waals surface area contributed by atoms with Crippen molar-refractivity contribution in [1.82, 2.24) is 34.3 Å². The molecule has 0 saturated heterocycles. The van der Waals surface area contributed by atoms with Gasteiger partial charge in [0.1, 0.15) is 23.5 Å². The fourth-order valence-corrected chi connectivity index (χ4v) is 5.13. The average Bonchev–Trinajstić information content (AvgIpc) is 3.49. The van der Waals surface area contributed by atoms with E-state index in [2.05, 4.69) is 25.3 Å². The number of halogens is 6. The number of carboxylic acids is 1. The maximum Gasteiger partial charge on any atom is 0.490 e. The number of alkyl halides is 3. The monoisotopic (exact) mass is 702 g/mol. The van der Waals surface area contributed by atoms with Crippen LogP contribution in [0.25, 0.3) is 28.2 Å². The average molecular weight is 703 g/mol. The van der Waals surface area contributed by atoms with Gasteiger partial charge in [-0.1, -0.05) is 24.9 Å². The summed E-state index contributed by atoms with van der Waals surface area (Å²) in [4.78, 5) is 52.3. The number of nitrogens with one attached hydrogen (secondary N) is 1. The Hall–Kier alpha value is -5.58. The number of fused-ring (bicyclic) bond motifs is 4. The van der Waals surface area contributed by atoms with Gasteiger partial charge in [0, 0.05) is 23.7 Å². The Kier molecular flexibility index (Phi) is 10.1. The van der Waals surface area contributed by atoms with Gasteiger partial charge in [0.2, 0.25) is 5.91 Å². The molecule has 0 spiro atoms. The van der Waals surface area contributed by atoms with Crippen LogP contribution in [0.15, 0.2) is 72.6 Å². The summed E-state index contributed by atoms with van der Waals surface area (Å²) in [7, 11) is 0. The van der Waals surface area contributed by atoms with Gasteiger partial charge in [-0.2, -0.15) is 18.3 Å². The van der Waals surface area contributed by atoms with E-state index in [1.165, 1.54) is 17.2 Å². The van der Waals surface area contributed by atoms with Crippen LogP contribution < -0.4 is 10.9 Å². The minimum atomic E-state index is -5.08. The lowest BCUT2D eigenvalue weighted by Gasteiger charge is -2.22. The maximum atomic E-state index is 14.7. The van der Waals surface area contributed by atoms with Crippen molar-refractivity contribution < 1.29 is 36.6 Å². The zero-order chi connectivity index (χ0) is 35.5. The predicted molar refractivity (Wildman–Crippen MR) is 165 cm³/mol. The van der Waals surface area contributed by atoms with E-state index in [0.29, 0.717) is 47.6 Å². The molecule has 18 heteroatoms. The summed E-state index contributed by atoms with van der Waals surface area (Å²) in [5.41, 5.74) is 1.65. The van der Waals surface area contributed by atoms with Crippen LogP contribution >= 0.6 is 11.6 Å². The molecule has 12 nitrogen and oxygen atoms in total. The molecule has 1 aromatic carbocycles. The van der Waals surface area contributed by atoms with Gasteiger partial charge in [-0.25, -0.2) is 33.2 Å². The molecule has 0 saturated carbocycles. The molecule has 0 unspecified atom stereocenters. The Bertz CT molecular complexity index is 2070. The third kappa shape index (κ3) is 7.77. The fourth-order valence-electron chi connectivity index (χ4n) is 4.97. The molecule has 0 aliphatic carbocycles. The highest BCUT2D eigenvalue weighted by atomic mass is 35.5. The van der Waals surface area contributed by atoms with Crippen molar-refractivity contribution in [2.24, 2.45) is 5.92 Å². The lowest BCUT2D eigenvalue weighted by atomic mass is 9.97. The highest BCUT2D eigenvalue weighted by molar-refractivity contribution is 6.31. The van der Waals surface area contributed by atoms with Gasteiger partial charge in [0.25, 0.3) is 5.56 Å². The highest BCUT2D eigenvalue weighted by Gasteiger charge is 2.38. The Morgan fingerprint density at radius 1 is 1.06 bits per heavy atom. The molecule has 49 heavy (non-hydrogen) atoms. The molecule has 2 atom stereocenters. The van der Waals surface area contributed by atoms with Crippen molar-refractivity contribution in [2.75, 3.05) is 5.32 Å². The van der Waals surface area contributed by atoms with Crippen LogP contribution in [0, 0.1) is 17.6 Å². The summed E-state index contributed by atoms with van der Waals surface area (Å²) < 4.78 is 63.8. The van der Waals surface area contributed by atoms with E-state index >= 15 is 0 Å². The largest absolute Gasteiger partial charge is 0.490 e. The molecule has 2 N–H and O–H groups in total. The second-order valence-electron chi connectivity index (χ2n) is 10.8. The van der Waals surface area contributed by atoms with E-state index in [1.807, 2.05) is 6.92 Å². The lowest BCUT2D eigenvalue weighted by molar-refractivity contribution is -0.192. The number of amides is 1. The predicted octanol–water partition coefficient (Wildman–Crippen LogP) is 5.86. The number of hydrogen-bond acceptors (Lipinski definition) is 8. The summed E-state index contributed by atoms with van der Waals surface area (Å²) in [6.07, 6.45) is 5.67. The van der Waals surface area contributed by atoms with Gasteiger partial charge in [-0.05, 0) is 37.1 Å². The molecule has 4 aromatic heterocycles. The number of hydrogen-bond donors (Lipinski definition) is 2. The van der Waals surface area contributed by atoms with E-state index in [1.54, 1.807) is 41.6 Å². The van der Waals surface area contributed by atoms with Crippen molar-refractivity contribution in [3.05, 3.63) is 100 Å². The smallest absolute Gasteiger partial charge is 0.475 e. The topological polar surface area (TPSA) is 158 Å². The molecule has 2 bridgehead atoms. The Morgan fingerprint density at radius 3 is 2.45 bits per heavy atom. The number of nitrogens with zero attached hydrogens (tertiary/aromatic N) is 7. The van der Waals surface area contributed by atoms with Gasteiger partial charge >= 0.3 is 12.1 Å². The quantitative estimate of drug-likeness (QED) is 0.174. The molecule has 1 aliphatic heterocycles. The number of carbonyl (C=O) groups excluding carboxylic acids is 1.